The van der Waals surface area contributed by atoms with E-state index in [9.17, 15) is 0 Å². The summed E-state index contributed by atoms with van der Waals surface area (Å²) in [4.78, 5) is 5.33. The minimum atomic E-state index is 0.171. The molecule has 2 rings (SSSR count). The summed E-state index contributed by atoms with van der Waals surface area (Å²) in [6, 6.07) is 10.2. The van der Waals surface area contributed by atoms with Gasteiger partial charge in [-0.15, -0.1) is 11.8 Å². The van der Waals surface area contributed by atoms with Gasteiger partial charge >= 0.3 is 0 Å². The zero-order chi connectivity index (χ0) is 9.97. The van der Waals surface area contributed by atoms with E-state index in [1.165, 1.54) is 0 Å². The van der Waals surface area contributed by atoms with Gasteiger partial charge in [-0.05, 0) is 11.8 Å². The Balaban J connectivity index is 2.22. The SMILES string of the molecule is CS[C@H]1ON=C(c2ccccc2)[C@@H]1C. The molecule has 0 saturated carbocycles. The molecule has 1 aromatic carbocycles. The fourth-order valence-electron chi connectivity index (χ4n) is 1.58. The third-order valence-electron chi connectivity index (χ3n) is 2.40. The van der Waals surface area contributed by atoms with Gasteiger partial charge in [0.2, 0.25) is 0 Å². The maximum Gasteiger partial charge on any atom is 0.180 e. The van der Waals surface area contributed by atoms with Gasteiger partial charge in [-0.2, -0.15) is 0 Å². The molecule has 2 atom stereocenters. The fraction of sp³-hybridized carbons (Fsp3) is 0.364. The topological polar surface area (TPSA) is 21.6 Å². The first-order chi connectivity index (χ1) is 6.83. The summed E-state index contributed by atoms with van der Waals surface area (Å²) in [5, 5.41) is 4.14. The lowest BCUT2D eigenvalue weighted by molar-refractivity contribution is 0.131. The predicted molar refractivity (Wildman–Crippen MR) is 60.5 cm³/mol. The van der Waals surface area contributed by atoms with Gasteiger partial charge in [0.25, 0.3) is 0 Å². The number of hydrogen-bond acceptors (Lipinski definition) is 3. The maximum atomic E-state index is 5.33. The Hall–Kier alpha value is -0.960. The summed E-state index contributed by atoms with van der Waals surface area (Å²) in [6.45, 7) is 2.15. The van der Waals surface area contributed by atoms with Gasteiger partial charge in [-0.1, -0.05) is 42.4 Å². The van der Waals surface area contributed by atoms with Crippen molar-refractivity contribution >= 4 is 17.5 Å². The summed E-state index contributed by atoms with van der Waals surface area (Å²) in [5.74, 6) is 0.368. The standard InChI is InChI=1S/C11H13NOS/c1-8-10(12-13-11(8)14-2)9-6-4-3-5-7-9/h3-8,11H,1-2H3/t8-,11+/m0/s1. The highest BCUT2D eigenvalue weighted by molar-refractivity contribution is 7.99. The average Bonchev–Trinajstić information content (AvgIpc) is 2.61. The van der Waals surface area contributed by atoms with E-state index < -0.39 is 0 Å². The van der Waals surface area contributed by atoms with Crippen molar-refractivity contribution in [2.45, 2.75) is 12.4 Å². The van der Waals surface area contributed by atoms with Crippen molar-refractivity contribution in [2.75, 3.05) is 6.26 Å². The Bertz CT molecular complexity index is 336. The smallest absolute Gasteiger partial charge is 0.180 e. The highest BCUT2D eigenvalue weighted by atomic mass is 32.2. The van der Waals surface area contributed by atoms with E-state index in [-0.39, 0.29) is 5.44 Å². The Kier molecular flexibility index (Phi) is 2.77. The van der Waals surface area contributed by atoms with Gasteiger partial charge < -0.3 is 4.84 Å². The van der Waals surface area contributed by atoms with Crippen molar-refractivity contribution in [2.24, 2.45) is 11.1 Å². The molecule has 0 radical (unpaired) electrons. The molecular formula is C11H13NOS. The molecule has 0 spiro atoms. The second kappa shape index (κ2) is 4.05. The van der Waals surface area contributed by atoms with Crippen molar-refractivity contribution in [3.63, 3.8) is 0 Å². The van der Waals surface area contributed by atoms with Crippen molar-refractivity contribution < 1.29 is 4.84 Å². The highest BCUT2D eigenvalue weighted by Crippen LogP contribution is 2.28. The summed E-state index contributed by atoms with van der Waals surface area (Å²) in [7, 11) is 0. The predicted octanol–water partition coefficient (Wildman–Crippen LogP) is 2.75. The normalized spacial score (nSPS) is 25.7. The van der Waals surface area contributed by atoms with Crippen molar-refractivity contribution in [3.05, 3.63) is 35.9 Å². The molecule has 1 aromatic rings. The molecule has 0 aromatic heterocycles. The molecule has 0 amide bonds. The molecule has 0 unspecified atom stereocenters. The lowest BCUT2D eigenvalue weighted by Crippen LogP contribution is -2.17. The van der Waals surface area contributed by atoms with Crippen LogP contribution in [0.2, 0.25) is 0 Å². The maximum absolute atomic E-state index is 5.33. The Morgan fingerprint density at radius 2 is 2.00 bits per heavy atom. The van der Waals surface area contributed by atoms with E-state index in [1.54, 1.807) is 11.8 Å². The molecule has 0 fully saturated rings. The van der Waals surface area contributed by atoms with Crippen LogP contribution in [0.25, 0.3) is 0 Å². The largest absolute Gasteiger partial charge is 0.381 e. The van der Waals surface area contributed by atoms with E-state index in [0.717, 1.165) is 11.3 Å². The molecule has 74 valence electrons. The van der Waals surface area contributed by atoms with Crippen LogP contribution in [0.4, 0.5) is 0 Å². The van der Waals surface area contributed by atoms with E-state index in [2.05, 4.69) is 24.2 Å². The average molecular weight is 207 g/mol. The van der Waals surface area contributed by atoms with Crippen LogP contribution in [0, 0.1) is 5.92 Å². The third kappa shape index (κ3) is 1.64. The van der Waals surface area contributed by atoms with Crippen molar-refractivity contribution in [1.82, 2.24) is 0 Å². The zero-order valence-electron chi connectivity index (χ0n) is 8.31. The van der Waals surface area contributed by atoms with Gasteiger partial charge in [0.15, 0.2) is 5.44 Å². The highest BCUT2D eigenvalue weighted by Gasteiger charge is 2.30. The van der Waals surface area contributed by atoms with Crippen LogP contribution in [-0.2, 0) is 4.84 Å². The third-order valence-corrected chi connectivity index (χ3v) is 3.36. The minimum Gasteiger partial charge on any atom is -0.381 e. The molecule has 1 aliphatic heterocycles. The molecule has 3 heteroatoms. The number of oxime groups is 1. The summed E-state index contributed by atoms with van der Waals surface area (Å²) in [6.07, 6.45) is 2.05. The monoisotopic (exact) mass is 207 g/mol. The number of hydrogen-bond donors (Lipinski definition) is 0. The van der Waals surface area contributed by atoms with Crippen LogP contribution in [-0.4, -0.2) is 17.4 Å². The molecule has 0 aliphatic carbocycles. The first kappa shape index (κ1) is 9.59. The van der Waals surface area contributed by atoms with Crippen molar-refractivity contribution in [3.8, 4) is 0 Å². The van der Waals surface area contributed by atoms with E-state index >= 15 is 0 Å². The quantitative estimate of drug-likeness (QED) is 0.743. The van der Waals surface area contributed by atoms with Gasteiger partial charge in [-0.25, -0.2) is 0 Å². The lowest BCUT2D eigenvalue weighted by Gasteiger charge is -2.11. The second-order valence-electron chi connectivity index (χ2n) is 3.34. The van der Waals surface area contributed by atoms with E-state index in [1.807, 2.05) is 24.5 Å². The number of rotatable bonds is 2. The molecule has 2 nitrogen and oxygen atoms in total. The molecule has 0 saturated heterocycles. The Labute approximate surface area is 88.3 Å². The summed E-state index contributed by atoms with van der Waals surface area (Å²) < 4.78 is 0. The van der Waals surface area contributed by atoms with Crippen molar-refractivity contribution in [1.29, 1.82) is 0 Å². The van der Waals surface area contributed by atoms with E-state index in [0.29, 0.717) is 5.92 Å². The van der Waals surface area contributed by atoms with E-state index in [4.69, 9.17) is 4.84 Å². The zero-order valence-corrected chi connectivity index (χ0v) is 9.12. The number of thioether (sulfide) groups is 1. The first-order valence-corrected chi connectivity index (χ1v) is 5.93. The summed E-state index contributed by atoms with van der Waals surface area (Å²) in [5.41, 5.74) is 2.40. The van der Waals surface area contributed by atoms with Gasteiger partial charge in [-0.3, -0.25) is 0 Å². The van der Waals surface area contributed by atoms with Crippen LogP contribution in [0.5, 0.6) is 0 Å². The molecule has 0 N–H and O–H groups in total. The van der Waals surface area contributed by atoms with Gasteiger partial charge in [0, 0.05) is 0 Å². The summed E-state index contributed by atoms with van der Waals surface area (Å²) >= 11 is 1.70. The molecule has 1 aliphatic rings. The number of nitrogens with zero attached hydrogens (tertiary/aromatic N) is 1. The van der Waals surface area contributed by atoms with Crippen LogP contribution < -0.4 is 0 Å². The van der Waals surface area contributed by atoms with Crippen LogP contribution in [0.3, 0.4) is 0 Å². The van der Waals surface area contributed by atoms with Gasteiger partial charge in [0.1, 0.15) is 0 Å². The Morgan fingerprint density at radius 1 is 1.29 bits per heavy atom. The molecule has 14 heavy (non-hydrogen) atoms. The molecular weight excluding hydrogens is 194 g/mol. The van der Waals surface area contributed by atoms with Crippen LogP contribution in [0.15, 0.2) is 35.5 Å². The number of benzene rings is 1. The minimum absolute atomic E-state index is 0.171. The Morgan fingerprint density at radius 3 is 2.57 bits per heavy atom. The molecule has 1 heterocycles. The van der Waals surface area contributed by atoms with Gasteiger partial charge in [0.05, 0.1) is 11.6 Å². The fourth-order valence-corrected chi connectivity index (χ4v) is 2.25. The second-order valence-corrected chi connectivity index (χ2v) is 4.28. The first-order valence-electron chi connectivity index (χ1n) is 4.65. The lowest BCUT2D eigenvalue weighted by atomic mass is 10.00. The van der Waals surface area contributed by atoms with Crippen LogP contribution in [0.1, 0.15) is 12.5 Å². The molecule has 0 bridgehead atoms. The van der Waals surface area contributed by atoms with Crippen LogP contribution >= 0.6 is 11.8 Å².